The van der Waals surface area contributed by atoms with Gasteiger partial charge in [-0.2, -0.15) is 22.0 Å². The molecule has 0 aliphatic heterocycles. The molecule has 0 spiro atoms. The molecule has 1 saturated carbocycles. The van der Waals surface area contributed by atoms with E-state index in [0.29, 0.717) is 25.7 Å². The predicted molar refractivity (Wildman–Crippen MR) is 104 cm³/mol. The standard InChI is InChI=1S/C20H21F6N3O3.H2/c21-14-6-10-5-11(8-27-15(10)7-16(14)32-19(22)23)18(31)29-13-3-1-12(2-4-13)28-17(9-30)20(24,25)26;/h5-8,12-13,17,19,28,30H,1-4,9H2,(H,29,31);1H/t12?,13?,17-;/m0./s1. The van der Waals surface area contributed by atoms with Crippen molar-refractivity contribution >= 4 is 16.8 Å². The van der Waals surface area contributed by atoms with Crippen molar-refractivity contribution in [1.82, 2.24) is 15.6 Å². The smallest absolute Gasteiger partial charge is 0.406 e. The SMILES string of the molecule is O=C(NC1CCC(N[C@@H](CO)C(F)(F)F)CC1)c1cnc2cc(OC(F)F)c(F)cc2c1.[HH]. The lowest BCUT2D eigenvalue weighted by molar-refractivity contribution is -0.166. The Morgan fingerprint density at radius 1 is 1.19 bits per heavy atom. The van der Waals surface area contributed by atoms with Gasteiger partial charge < -0.3 is 20.5 Å². The Bertz CT molecular complexity index is 955. The van der Waals surface area contributed by atoms with Gasteiger partial charge in [0.2, 0.25) is 0 Å². The summed E-state index contributed by atoms with van der Waals surface area (Å²) >= 11 is 0. The summed E-state index contributed by atoms with van der Waals surface area (Å²) in [6, 6.07) is 0.605. The third-order valence-electron chi connectivity index (χ3n) is 5.29. The fraction of sp³-hybridized carbons (Fsp3) is 0.500. The second kappa shape index (κ2) is 9.90. The number of aliphatic hydroxyl groups excluding tert-OH is 1. The van der Waals surface area contributed by atoms with Gasteiger partial charge in [-0.05, 0) is 37.8 Å². The largest absolute Gasteiger partial charge is 0.432 e. The molecule has 6 nitrogen and oxygen atoms in total. The number of aliphatic hydroxyl groups is 1. The second-order valence-corrected chi connectivity index (χ2v) is 7.54. The molecule has 1 amide bonds. The molecular weight excluding hydrogens is 444 g/mol. The van der Waals surface area contributed by atoms with E-state index in [0.717, 1.165) is 12.1 Å². The van der Waals surface area contributed by atoms with Gasteiger partial charge >= 0.3 is 12.8 Å². The van der Waals surface area contributed by atoms with Crippen molar-refractivity contribution in [2.45, 2.75) is 56.6 Å². The van der Waals surface area contributed by atoms with E-state index < -0.39 is 49.0 Å². The van der Waals surface area contributed by atoms with E-state index in [1.54, 1.807) is 0 Å². The minimum Gasteiger partial charge on any atom is -0.432 e. The highest BCUT2D eigenvalue weighted by molar-refractivity contribution is 5.97. The first-order valence-electron chi connectivity index (χ1n) is 9.85. The molecule has 3 N–H and O–H groups in total. The fourth-order valence-electron chi connectivity index (χ4n) is 3.65. The van der Waals surface area contributed by atoms with Crippen molar-refractivity contribution in [3.8, 4) is 5.75 Å². The van der Waals surface area contributed by atoms with Gasteiger partial charge in [0.25, 0.3) is 5.91 Å². The Morgan fingerprint density at radius 3 is 2.44 bits per heavy atom. The molecule has 0 bridgehead atoms. The summed E-state index contributed by atoms with van der Waals surface area (Å²) in [5.41, 5.74) is 0.283. The zero-order valence-electron chi connectivity index (χ0n) is 16.6. The minimum atomic E-state index is -4.55. The molecule has 178 valence electrons. The number of amides is 1. The van der Waals surface area contributed by atoms with Crippen LogP contribution >= 0.6 is 0 Å². The van der Waals surface area contributed by atoms with Crippen LogP contribution in [0.1, 0.15) is 37.5 Å². The lowest BCUT2D eigenvalue weighted by Gasteiger charge is -2.32. The van der Waals surface area contributed by atoms with Crippen LogP contribution in [0.3, 0.4) is 0 Å². The maximum atomic E-state index is 13.9. The quantitative estimate of drug-likeness (QED) is 0.540. The van der Waals surface area contributed by atoms with E-state index in [4.69, 9.17) is 5.11 Å². The third kappa shape index (κ3) is 6.00. The number of halogens is 6. The van der Waals surface area contributed by atoms with Crippen molar-refractivity contribution in [2.24, 2.45) is 0 Å². The fourth-order valence-corrected chi connectivity index (χ4v) is 3.65. The van der Waals surface area contributed by atoms with Crippen molar-refractivity contribution < 1.29 is 42.4 Å². The molecule has 1 heterocycles. The average Bonchev–Trinajstić information content (AvgIpc) is 2.72. The average molecular weight is 467 g/mol. The van der Waals surface area contributed by atoms with Crippen LogP contribution in [0.2, 0.25) is 0 Å². The number of benzene rings is 1. The molecule has 2 aromatic rings. The molecular formula is C20H23F6N3O3. The first kappa shape index (κ1) is 24.1. The maximum absolute atomic E-state index is 13.9. The highest BCUT2D eigenvalue weighted by Crippen LogP contribution is 2.27. The van der Waals surface area contributed by atoms with E-state index in [2.05, 4.69) is 20.4 Å². The third-order valence-corrected chi connectivity index (χ3v) is 5.29. The van der Waals surface area contributed by atoms with E-state index >= 15 is 0 Å². The highest BCUT2D eigenvalue weighted by atomic mass is 19.4. The molecule has 1 atom stereocenters. The minimum absolute atomic E-state index is 0. The topological polar surface area (TPSA) is 83.5 Å². The van der Waals surface area contributed by atoms with Gasteiger partial charge in [-0.15, -0.1) is 0 Å². The van der Waals surface area contributed by atoms with E-state index in [-0.39, 0.29) is 23.9 Å². The number of carbonyl (C=O) groups excluding carboxylic acids is 1. The molecule has 0 radical (unpaired) electrons. The number of hydrogen-bond acceptors (Lipinski definition) is 5. The van der Waals surface area contributed by atoms with Gasteiger partial charge in [0.15, 0.2) is 11.6 Å². The van der Waals surface area contributed by atoms with Gasteiger partial charge in [0.1, 0.15) is 6.04 Å². The molecule has 12 heteroatoms. The van der Waals surface area contributed by atoms with Gasteiger partial charge in [0.05, 0.1) is 17.7 Å². The number of pyridine rings is 1. The molecule has 1 aliphatic rings. The molecule has 1 fully saturated rings. The van der Waals surface area contributed by atoms with Crippen LogP contribution in [-0.4, -0.2) is 53.5 Å². The number of carbonyl (C=O) groups is 1. The Hall–Kier alpha value is -2.60. The van der Waals surface area contributed by atoms with Crippen molar-refractivity contribution in [2.75, 3.05) is 6.61 Å². The number of aromatic nitrogens is 1. The van der Waals surface area contributed by atoms with Crippen molar-refractivity contribution in [3.63, 3.8) is 0 Å². The van der Waals surface area contributed by atoms with Crippen LogP contribution in [0.15, 0.2) is 24.4 Å². The second-order valence-electron chi connectivity index (χ2n) is 7.54. The summed E-state index contributed by atoms with van der Waals surface area (Å²) in [4.78, 5) is 16.5. The summed E-state index contributed by atoms with van der Waals surface area (Å²) in [7, 11) is 0. The summed E-state index contributed by atoms with van der Waals surface area (Å²) in [5, 5.41) is 14.3. The van der Waals surface area contributed by atoms with Crippen LogP contribution in [0, 0.1) is 5.82 Å². The van der Waals surface area contributed by atoms with Crippen LogP contribution in [0.5, 0.6) is 5.75 Å². The van der Waals surface area contributed by atoms with Gasteiger partial charge in [-0.1, -0.05) is 0 Å². The Labute approximate surface area is 180 Å². The molecule has 1 aliphatic carbocycles. The number of rotatable bonds is 7. The lowest BCUT2D eigenvalue weighted by atomic mass is 9.90. The summed E-state index contributed by atoms with van der Waals surface area (Å²) < 4.78 is 81.0. The Morgan fingerprint density at radius 2 is 1.84 bits per heavy atom. The van der Waals surface area contributed by atoms with Crippen molar-refractivity contribution in [3.05, 3.63) is 35.8 Å². The number of hydrogen-bond donors (Lipinski definition) is 3. The summed E-state index contributed by atoms with van der Waals surface area (Å²) in [6.07, 6.45) is -1.71. The van der Waals surface area contributed by atoms with Crippen molar-refractivity contribution in [1.29, 1.82) is 0 Å². The molecule has 1 aromatic carbocycles. The molecule has 32 heavy (non-hydrogen) atoms. The predicted octanol–water partition coefficient (Wildman–Crippen LogP) is 3.78. The van der Waals surface area contributed by atoms with Crippen LogP contribution in [0.4, 0.5) is 26.3 Å². The zero-order chi connectivity index (χ0) is 23.5. The number of ether oxygens (including phenoxy) is 1. The zero-order valence-corrected chi connectivity index (χ0v) is 16.6. The maximum Gasteiger partial charge on any atom is 0.406 e. The first-order valence-corrected chi connectivity index (χ1v) is 9.85. The summed E-state index contributed by atoms with van der Waals surface area (Å²) in [5.74, 6) is -2.17. The van der Waals surface area contributed by atoms with Crippen LogP contribution < -0.4 is 15.4 Å². The first-order chi connectivity index (χ1) is 15.1. The van der Waals surface area contributed by atoms with E-state index in [1.807, 2.05) is 0 Å². The van der Waals surface area contributed by atoms with E-state index in [9.17, 15) is 31.1 Å². The van der Waals surface area contributed by atoms with Gasteiger partial charge in [0, 0.05) is 31.2 Å². The number of nitrogens with zero attached hydrogens (tertiary/aromatic N) is 1. The molecule has 1 aromatic heterocycles. The van der Waals surface area contributed by atoms with E-state index in [1.165, 1.54) is 12.3 Å². The molecule has 3 rings (SSSR count). The van der Waals surface area contributed by atoms with Crippen LogP contribution in [0.25, 0.3) is 10.9 Å². The van der Waals surface area contributed by atoms with Gasteiger partial charge in [-0.3, -0.25) is 9.78 Å². The lowest BCUT2D eigenvalue weighted by Crippen LogP contribution is -2.51. The van der Waals surface area contributed by atoms with Crippen LogP contribution in [-0.2, 0) is 0 Å². The molecule has 0 saturated heterocycles. The highest BCUT2D eigenvalue weighted by Gasteiger charge is 2.40. The number of alkyl halides is 5. The Balaban J connectivity index is 0.00000385. The number of nitrogens with one attached hydrogen (secondary N) is 2. The Kier molecular flexibility index (Phi) is 7.44. The monoisotopic (exact) mass is 467 g/mol. The summed E-state index contributed by atoms with van der Waals surface area (Å²) in [6.45, 7) is -4.24. The molecule has 0 unspecified atom stereocenters. The number of fused-ring (bicyclic) bond motifs is 1. The normalized spacial score (nSPS) is 20.4. The van der Waals surface area contributed by atoms with Gasteiger partial charge in [-0.25, -0.2) is 4.39 Å².